The fourth-order valence-electron chi connectivity index (χ4n) is 2.17. The predicted octanol–water partition coefficient (Wildman–Crippen LogP) is 3.07. The molecule has 1 aromatic heterocycles. The molecule has 2 rings (SSSR count). The molecule has 1 fully saturated rings. The number of anilines is 1. The first-order chi connectivity index (χ1) is 6.86. The van der Waals surface area contributed by atoms with E-state index in [2.05, 4.69) is 17.2 Å². The summed E-state index contributed by atoms with van der Waals surface area (Å²) in [5, 5.41) is 3.52. The standard InChI is InChI=1S/C12H18N2/c1-10-6-2-3-7-11(10)14-12-8-4-5-9-13-12/h4-5,8-11H,2-3,6-7H2,1H3,(H,13,14)/t10-,11+/m1/s1. The Labute approximate surface area is 85.7 Å². The minimum absolute atomic E-state index is 0.624. The lowest BCUT2D eigenvalue weighted by Gasteiger charge is -2.29. The van der Waals surface area contributed by atoms with Crippen molar-refractivity contribution in [2.45, 2.75) is 38.6 Å². The topological polar surface area (TPSA) is 24.9 Å². The fraction of sp³-hybridized carbons (Fsp3) is 0.583. The maximum Gasteiger partial charge on any atom is 0.126 e. The van der Waals surface area contributed by atoms with Crippen LogP contribution in [0.15, 0.2) is 24.4 Å². The highest BCUT2D eigenvalue weighted by Crippen LogP contribution is 2.25. The van der Waals surface area contributed by atoms with Crippen LogP contribution in [0.5, 0.6) is 0 Å². The smallest absolute Gasteiger partial charge is 0.126 e. The maximum absolute atomic E-state index is 4.30. The highest BCUT2D eigenvalue weighted by Gasteiger charge is 2.20. The van der Waals surface area contributed by atoms with Gasteiger partial charge >= 0.3 is 0 Å². The van der Waals surface area contributed by atoms with Gasteiger partial charge in [-0.1, -0.05) is 25.8 Å². The largest absolute Gasteiger partial charge is 0.367 e. The molecule has 76 valence electrons. The fourth-order valence-corrected chi connectivity index (χ4v) is 2.17. The molecule has 0 saturated heterocycles. The third-order valence-electron chi connectivity index (χ3n) is 3.11. The van der Waals surface area contributed by atoms with E-state index in [1.54, 1.807) is 0 Å². The molecule has 0 bridgehead atoms. The highest BCUT2D eigenvalue weighted by atomic mass is 15.0. The Morgan fingerprint density at radius 1 is 1.29 bits per heavy atom. The van der Waals surface area contributed by atoms with Crippen LogP contribution in [0.3, 0.4) is 0 Å². The van der Waals surface area contributed by atoms with Gasteiger partial charge in [-0.05, 0) is 30.9 Å². The van der Waals surface area contributed by atoms with E-state index in [1.807, 2.05) is 24.4 Å². The van der Waals surface area contributed by atoms with Gasteiger partial charge in [0.25, 0.3) is 0 Å². The second-order valence-corrected chi connectivity index (χ2v) is 4.23. The summed E-state index contributed by atoms with van der Waals surface area (Å²) in [5.74, 6) is 1.80. The van der Waals surface area contributed by atoms with Gasteiger partial charge in [-0.3, -0.25) is 0 Å². The summed E-state index contributed by atoms with van der Waals surface area (Å²) in [6.45, 7) is 2.33. The van der Waals surface area contributed by atoms with Crippen LogP contribution in [0, 0.1) is 5.92 Å². The van der Waals surface area contributed by atoms with Crippen LogP contribution in [0.2, 0.25) is 0 Å². The normalized spacial score (nSPS) is 27.2. The predicted molar refractivity (Wildman–Crippen MR) is 59.3 cm³/mol. The second kappa shape index (κ2) is 4.45. The third-order valence-corrected chi connectivity index (χ3v) is 3.11. The molecule has 0 aliphatic heterocycles. The number of nitrogens with one attached hydrogen (secondary N) is 1. The van der Waals surface area contributed by atoms with Gasteiger partial charge in [0.2, 0.25) is 0 Å². The molecule has 1 heterocycles. The first-order valence-electron chi connectivity index (χ1n) is 5.54. The molecule has 2 heteroatoms. The van der Waals surface area contributed by atoms with E-state index < -0.39 is 0 Å². The second-order valence-electron chi connectivity index (χ2n) is 4.23. The van der Waals surface area contributed by atoms with Gasteiger partial charge in [-0.15, -0.1) is 0 Å². The Morgan fingerprint density at radius 3 is 2.86 bits per heavy atom. The van der Waals surface area contributed by atoms with E-state index in [-0.39, 0.29) is 0 Å². The van der Waals surface area contributed by atoms with Gasteiger partial charge in [-0.2, -0.15) is 0 Å². The Balaban J connectivity index is 1.96. The number of hydrogen-bond acceptors (Lipinski definition) is 2. The Morgan fingerprint density at radius 2 is 2.14 bits per heavy atom. The minimum Gasteiger partial charge on any atom is -0.367 e. The van der Waals surface area contributed by atoms with Crippen molar-refractivity contribution in [2.24, 2.45) is 5.92 Å². The first kappa shape index (κ1) is 9.50. The van der Waals surface area contributed by atoms with Crippen LogP contribution in [0.25, 0.3) is 0 Å². The van der Waals surface area contributed by atoms with Crippen molar-refractivity contribution in [3.63, 3.8) is 0 Å². The van der Waals surface area contributed by atoms with Gasteiger partial charge in [0.1, 0.15) is 5.82 Å². The molecule has 1 N–H and O–H groups in total. The molecule has 2 nitrogen and oxygen atoms in total. The van der Waals surface area contributed by atoms with Crippen molar-refractivity contribution < 1.29 is 0 Å². The molecular formula is C12H18N2. The molecule has 0 spiro atoms. The van der Waals surface area contributed by atoms with Crippen molar-refractivity contribution in [1.29, 1.82) is 0 Å². The van der Waals surface area contributed by atoms with E-state index in [0.29, 0.717) is 6.04 Å². The van der Waals surface area contributed by atoms with Crippen molar-refractivity contribution >= 4 is 5.82 Å². The highest BCUT2D eigenvalue weighted by molar-refractivity contribution is 5.34. The van der Waals surface area contributed by atoms with Crippen molar-refractivity contribution in [3.05, 3.63) is 24.4 Å². The number of rotatable bonds is 2. The number of hydrogen-bond donors (Lipinski definition) is 1. The Hall–Kier alpha value is -1.05. The molecule has 0 unspecified atom stereocenters. The summed E-state index contributed by atoms with van der Waals surface area (Å²) in [5.41, 5.74) is 0. The molecule has 0 amide bonds. The summed E-state index contributed by atoms with van der Waals surface area (Å²) < 4.78 is 0. The lowest BCUT2D eigenvalue weighted by Crippen LogP contribution is -2.30. The zero-order chi connectivity index (χ0) is 9.80. The molecule has 14 heavy (non-hydrogen) atoms. The zero-order valence-electron chi connectivity index (χ0n) is 8.74. The van der Waals surface area contributed by atoms with Crippen molar-refractivity contribution in [1.82, 2.24) is 4.98 Å². The monoisotopic (exact) mass is 190 g/mol. The number of aromatic nitrogens is 1. The van der Waals surface area contributed by atoms with Gasteiger partial charge in [0.05, 0.1) is 0 Å². The summed E-state index contributed by atoms with van der Waals surface area (Å²) in [4.78, 5) is 4.30. The molecular weight excluding hydrogens is 172 g/mol. The number of pyridine rings is 1. The average molecular weight is 190 g/mol. The quantitative estimate of drug-likeness (QED) is 0.775. The molecule has 0 radical (unpaired) electrons. The van der Waals surface area contributed by atoms with Crippen LogP contribution in [-0.4, -0.2) is 11.0 Å². The molecule has 1 aromatic rings. The summed E-state index contributed by atoms with van der Waals surface area (Å²) in [6.07, 6.45) is 7.23. The molecule has 2 atom stereocenters. The summed E-state index contributed by atoms with van der Waals surface area (Å²) in [7, 11) is 0. The molecule has 0 aromatic carbocycles. The Kier molecular flexibility index (Phi) is 3.02. The van der Waals surface area contributed by atoms with Gasteiger partial charge in [-0.25, -0.2) is 4.98 Å². The van der Waals surface area contributed by atoms with Crippen LogP contribution in [-0.2, 0) is 0 Å². The van der Waals surface area contributed by atoms with E-state index in [9.17, 15) is 0 Å². The van der Waals surface area contributed by atoms with E-state index in [1.165, 1.54) is 25.7 Å². The van der Waals surface area contributed by atoms with Crippen molar-refractivity contribution in [2.75, 3.05) is 5.32 Å². The lowest BCUT2D eigenvalue weighted by molar-refractivity contribution is 0.349. The zero-order valence-corrected chi connectivity index (χ0v) is 8.74. The van der Waals surface area contributed by atoms with E-state index in [0.717, 1.165) is 11.7 Å². The van der Waals surface area contributed by atoms with Gasteiger partial charge in [0.15, 0.2) is 0 Å². The van der Waals surface area contributed by atoms with E-state index in [4.69, 9.17) is 0 Å². The summed E-state index contributed by atoms with van der Waals surface area (Å²) in [6, 6.07) is 6.65. The van der Waals surface area contributed by atoms with Gasteiger partial charge in [0, 0.05) is 12.2 Å². The first-order valence-corrected chi connectivity index (χ1v) is 5.54. The Bertz CT molecular complexity index is 271. The SMILES string of the molecule is C[C@@H]1CCCC[C@@H]1Nc1ccccn1. The maximum atomic E-state index is 4.30. The van der Waals surface area contributed by atoms with Crippen LogP contribution >= 0.6 is 0 Å². The average Bonchev–Trinajstić information content (AvgIpc) is 2.23. The summed E-state index contributed by atoms with van der Waals surface area (Å²) >= 11 is 0. The molecule has 1 aliphatic carbocycles. The number of nitrogens with zero attached hydrogens (tertiary/aromatic N) is 1. The molecule has 1 saturated carbocycles. The van der Waals surface area contributed by atoms with Crippen LogP contribution in [0.4, 0.5) is 5.82 Å². The lowest BCUT2D eigenvalue weighted by atomic mass is 9.86. The van der Waals surface area contributed by atoms with Crippen molar-refractivity contribution in [3.8, 4) is 0 Å². The van der Waals surface area contributed by atoms with Crippen LogP contribution in [0.1, 0.15) is 32.6 Å². The minimum atomic E-state index is 0.624. The van der Waals surface area contributed by atoms with Gasteiger partial charge < -0.3 is 5.32 Å². The molecule has 1 aliphatic rings. The van der Waals surface area contributed by atoms with Crippen LogP contribution < -0.4 is 5.32 Å². The third kappa shape index (κ3) is 2.25. The van der Waals surface area contributed by atoms with E-state index >= 15 is 0 Å².